The number of aromatic carboxylic acids is 1. The zero-order valence-corrected chi connectivity index (χ0v) is 7.02. The van der Waals surface area contributed by atoms with Gasteiger partial charge in [0, 0.05) is 12.4 Å². The smallest absolute Gasteiger partial charge is 0.140 e. The van der Waals surface area contributed by atoms with E-state index in [1.165, 1.54) is 6.20 Å². The lowest BCUT2D eigenvalue weighted by Crippen LogP contribution is -2.22. The van der Waals surface area contributed by atoms with Gasteiger partial charge in [0.2, 0.25) is 0 Å². The van der Waals surface area contributed by atoms with E-state index < -0.39 is 5.97 Å². The number of aromatic nitrogens is 2. The minimum absolute atomic E-state index is 0.0331. The summed E-state index contributed by atoms with van der Waals surface area (Å²) < 4.78 is 1.67. The first kappa shape index (κ1) is 7.79. The van der Waals surface area contributed by atoms with Crippen molar-refractivity contribution >= 4 is 11.6 Å². The Hall–Kier alpha value is -1.84. The lowest BCUT2D eigenvalue weighted by molar-refractivity contribution is -0.255. The summed E-state index contributed by atoms with van der Waals surface area (Å²) in [6.45, 7) is 1.88. The number of carbonyl (C=O) groups excluding carboxylic acids is 1. The van der Waals surface area contributed by atoms with E-state index in [9.17, 15) is 9.90 Å². The summed E-state index contributed by atoms with van der Waals surface area (Å²) in [5, 5.41) is 10.5. The van der Waals surface area contributed by atoms with E-state index in [2.05, 4.69) is 4.98 Å². The van der Waals surface area contributed by atoms with E-state index in [1.807, 2.05) is 19.1 Å². The average Bonchev–Trinajstić information content (AvgIpc) is 2.49. The second-order valence-electron chi connectivity index (χ2n) is 2.84. The molecule has 0 bridgehead atoms. The van der Waals surface area contributed by atoms with Gasteiger partial charge in [-0.2, -0.15) is 0 Å². The van der Waals surface area contributed by atoms with E-state index in [-0.39, 0.29) is 5.69 Å². The van der Waals surface area contributed by atoms with Crippen molar-refractivity contribution in [2.24, 2.45) is 0 Å². The third-order valence-corrected chi connectivity index (χ3v) is 1.89. The number of fused-ring (bicyclic) bond motifs is 1. The van der Waals surface area contributed by atoms with E-state index in [0.29, 0.717) is 5.65 Å². The minimum atomic E-state index is -1.25. The van der Waals surface area contributed by atoms with Gasteiger partial charge in [0.15, 0.2) is 0 Å². The molecule has 0 atom stereocenters. The molecule has 0 spiro atoms. The van der Waals surface area contributed by atoms with Crippen LogP contribution in [0.4, 0.5) is 0 Å². The average molecular weight is 175 g/mol. The first-order valence-electron chi connectivity index (χ1n) is 3.84. The van der Waals surface area contributed by atoms with Crippen LogP contribution in [0.25, 0.3) is 5.65 Å². The van der Waals surface area contributed by atoms with Crippen LogP contribution in [0.1, 0.15) is 16.1 Å². The van der Waals surface area contributed by atoms with E-state index in [0.717, 1.165) is 5.56 Å². The van der Waals surface area contributed by atoms with Crippen LogP contribution in [-0.4, -0.2) is 15.4 Å². The molecule has 0 fully saturated rings. The molecule has 2 aromatic heterocycles. The van der Waals surface area contributed by atoms with Crippen molar-refractivity contribution in [3.63, 3.8) is 0 Å². The molecule has 2 aromatic rings. The number of carboxylic acids is 1. The van der Waals surface area contributed by atoms with Gasteiger partial charge in [-0.25, -0.2) is 4.98 Å². The summed E-state index contributed by atoms with van der Waals surface area (Å²) in [6.07, 6.45) is 3.19. The van der Waals surface area contributed by atoms with Crippen molar-refractivity contribution in [1.82, 2.24) is 9.38 Å². The van der Waals surface area contributed by atoms with Crippen LogP contribution in [0.5, 0.6) is 0 Å². The Kier molecular flexibility index (Phi) is 1.55. The molecule has 4 nitrogen and oxygen atoms in total. The second-order valence-corrected chi connectivity index (χ2v) is 2.84. The predicted octanol–water partition coefficient (Wildman–Crippen LogP) is 0.00622. The van der Waals surface area contributed by atoms with Gasteiger partial charge in [-0.1, -0.05) is 6.07 Å². The first-order chi connectivity index (χ1) is 6.18. The maximum Gasteiger partial charge on any atom is 0.140 e. The van der Waals surface area contributed by atoms with Gasteiger partial charge in [0.05, 0.1) is 5.97 Å². The number of pyridine rings is 1. The molecular weight excluding hydrogens is 168 g/mol. The van der Waals surface area contributed by atoms with Crippen LogP contribution in [-0.2, 0) is 0 Å². The molecule has 0 saturated carbocycles. The molecule has 0 aliphatic rings. The van der Waals surface area contributed by atoms with Crippen LogP contribution in [0.15, 0.2) is 24.5 Å². The first-order valence-corrected chi connectivity index (χ1v) is 3.84. The maximum absolute atomic E-state index is 10.5. The van der Waals surface area contributed by atoms with Gasteiger partial charge in [-0.3, -0.25) is 0 Å². The number of nitrogens with zero attached hydrogens (tertiary/aromatic N) is 2. The summed E-state index contributed by atoms with van der Waals surface area (Å²) in [4.78, 5) is 14.4. The van der Waals surface area contributed by atoms with E-state index in [4.69, 9.17) is 0 Å². The second kappa shape index (κ2) is 2.58. The van der Waals surface area contributed by atoms with Gasteiger partial charge in [-0.15, -0.1) is 0 Å². The van der Waals surface area contributed by atoms with E-state index in [1.54, 1.807) is 10.6 Å². The number of hydrogen-bond acceptors (Lipinski definition) is 3. The molecule has 2 heterocycles. The third kappa shape index (κ3) is 1.16. The number of hydrogen-bond donors (Lipinski definition) is 0. The Morgan fingerprint density at radius 2 is 2.38 bits per heavy atom. The van der Waals surface area contributed by atoms with Crippen molar-refractivity contribution in [1.29, 1.82) is 0 Å². The van der Waals surface area contributed by atoms with Gasteiger partial charge >= 0.3 is 0 Å². The van der Waals surface area contributed by atoms with Crippen LogP contribution in [0.2, 0.25) is 0 Å². The number of rotatable bonds is 1. The van der Waals surface area contributed by atoms with Gasteiger partial charge in [0.25, 0.3) is 0 Å². The molecule has 0 amide bonds. The Bertz CT molecular complexity index is 473. The van der Waals surface area contributed by atoms with Crippen molar-refractivity contribution in [2.45, 2.75) is 6.92 Å². The summed E-state index contributed by atoms with van der Waals surface area (Å²) >= 11 is 0. The van der Waals surface area contributed by atoms with Gasteiger partial charge < -0.3 is 14.3 Å². The molecular formula is C9H7N2O2-. The normalized spacial score (nSPS) is 10.5. The highest BCUT2D eigenvalue weighted by Crippen LogP contribution is 2.08. The van der Waals surface area contributed by atoms with Crippen molar-refractivity contribution in [3.8, 4) is 0 Å². The largest absolute Gasteiger partial charge is 0.543 e. The lowest BCUT2D eigenvalue weighted by atomic mass is 10.3. The summed E-state index contributed by atoms with van der Waals surface area (Å²) in [5.41, 5.74) is 1.56. The Morgan fingerprint density at radius 1 is 1.62 bits per heavy atom. The monoisotopic (exact) mass is 175 g/mol. The fourth-order valence-electron chi connectivity index (χ4n) is 1.25. The van der Waals surface area contributed by atoms with Crippen molar-refractivity contribution in [2.75, 3.05) is 0 Å². The Balaban J connectivity index is 2.75. The zero-order chi connectivity index (χ0) is 9.42. The van der Waals surface area contributed by atoms with Crippen LogP contribution >= 0.6 is 0 Å². The molecule has 13 heavy (non-hydrogen) atoms. The third-order valence-electron chi connectivity index (χ3n) is 1.89. The summed E-state index contributed by atoms with van der Waals surface area (Å²) in [6, 6.07) is 3.71. The molecule has 0 N–H and O–H groups in total. The molecule has 0 saturated heterocycles. The Labute approximate surface area is 74.5 Å². The molecule has 4 heteroatoms. The maximum atomic E-state index is 10.5. The topological polar surface area (TPSA) is 57.4 Å². The summed E-state index contributed by atoms with van der Waals surface area (Å²) in [5.74, 6) is -1.25. The van der Waals surface area contributed by atoms with Crippen LogP contribution in [0.3, 0.4) is 0 Å². The lowest BCUT2D eigenvalue weighted by Gasteiger charge is -1.93. The van der Waals surface area contributed by atoms with Gasteiger partial charge in [0.1, 0.15) is 11.3 Å². The fraction of sp³-hybridized carbons (Fsp3) is 0.111. The molecule has 0 aliphatic heterocycles. The highest BCUT2D eigenvalue weighted by atomic mass is 16.4. The fourth-order valence-corrected chi connectivity index (χ4v) is 1.25. The number of aryl methyl sites for hydroxylation is 1. The SMILES string of the molecule is Cc1cccn2cc(C(=O)[O-])nc12. The molecule has 0 unspecified atom stereocenters. The van der Waals surface area contributed by atoms with E-state index >= 15 is 0 Å². The highest BCUT2D eigenvalue weighted by Gasteiger charge is 2.02. The highest BCUT2D eigenvalue weighted by molar-refractivity contribution is 5.84. The molecule has 2 rings (SSSR count). The van der Waals surface area contributed by atoms with Gasteiger partial charge in [-0.05, 0) is 18.6 Å². The number of imidazole rings is 1. The predicted molar refractivity (Wildman–Crippen MR) is 44.3 cm³/mol. The standard InChI is InChI=1S/C9H8N2O2/c1-6-3-2-4-11-5-7(9(12)13)10-8(6)11/h2-5H,1H3,(H,12,13)/p-1. The van der Waals surface area contributed by atoms with Crippen LogP contribution in [0, 0.1) is 6.92 Å². The van der Waals surface area contributed by atoms with Crippen LogP contribution < -0.4 is 5.11 Å². The molecule has 0 radical (unpaired) electrons. The minimum Gasteiger partial charge on any atom is -0.543 e. The quantitative estimate of drug-likeness (QED) is 0.613. The van der Waals surface area contributed by atoms with Crippen molar-refractivity contribution in [3.05, 3.63) is 35.8 Å². The molecule has 0 aromatic carbocycles. The molecule has 0 aliphatic carbocycles. The number of carboxylic acid groups (broad SMARTS) is 1. The zero-order valence-electron chi connectivity index (χ0n) is 7.02. The summed E-state index contributed by atoms with van der Waals surface area (Å²) in [7, 11) is 0. The number of carbonyl (C=O) groups is 1. The Morgan fingerprint density at radius 3 is 3.00 bits per heavy atom. The molecule has 66 valence electrons. The van der Waals surface area contributed by atoms with Crippen molar-refractivity contribution < 1.29 is 9.90 Å².